The standard InChI is InChI=1S/C12H17NO3/c1-16-12(15)7-11(14)9-13-8-10-5-3-2-4-6-10/h2-6,11,13-14H,7-9H2,1H3. The summed E-state index contributed by atoms with van der Waals surface area (Å²) in [5.74, 6) is -0.394. The molecule has 1 aromatic rings. The van der Waals surface area contributed by atoms with Gasteiger partial charge >= 0.3 is 5.97 Å². The Hall–Kier alpha value is -1.39. The molecule has 1 unspecified atom stereocenters. The molecule has 1 atom stereocenters. The largest absolute Gasteiger partial charge is 0.469 e. The number of nitrogens with one attached hydrogen (secondary N) is 1. The Morgan fingerprint density at radius 3 is 2.75 bits per heavy atom. The second-order valence-electron chi connectivity index (χ2n) is 3.55. The van der Waals surface area contributed by atoms with Gasteiger partial charge in [-0.3, -0.25) is 4.79 Å². The molecule has 4 nitrogen and oxygen atoms in total. The number of methoxy groups -OCH3 is 1. The van der Waals surface area contributed by atoms with Crippen molar-refractivity contribution in [1.29, 1.82) is 0 Å². The maximum Gasteiger partial charge on any atom is 0.308 e. The zero-order valence-electron chi connectivity index (χ0n) is 9.35. The Kier molecular flexibility index (Phi) is 5.53. The lowest BCUT2D eigenvalue weighted by Gasteiger charge is -2.10. The van der Waals surface area contributed by atoms with Crippen LogP contribution in [0.1, 0.15) is 12.0 Å². The second-order valence-corrected chi connectivity index (χ2v) is 3.55. The van der Waals surface area contributed by atoms with Gasteiger partial charge in [-0.1, -0.05) is 30.3 Å². The van der Waals surface area contributed by atoms with Crippen molar-refractivity contribution in [3.63, 3.8) is 0 Å². The fraction of sp³-hybridized carbons (Fsp3) is 0.417. The summed E-state index contributed by atoms with van der Waals surface area (Å²) in [5, 5.41) is 12.5. The molecule has 0 saturated heterocycles. The summed E-state index contributed by atoms with van der Waals surface area (Å²) in [6.45, 7) is 1.06. The van der Waals surface area contributed by atoms with Crippen LogP contribution < -0.4 is 5.32 Å². The number of ether oxygens (including phenoxy) is 1. The molecule has 0 fully saturated rings. The summed E-state index contributed by atoms with van der Waals surface area (Å²) in [4.78, 5) is 10.8. The normalized spacial score (nSPS) is 12.1. The smallest absolute Gasteiger partial charge is 0.308 e. The third-order valence-corrected chi connectivity index (χ3v) is 2.18. The van der Waals surface area contributed by atoms with Crippen molar-refractivity contribution in [2.45, 2.75) is 19.1 Å². The van der Waals surface area contributed by atoms with Gasteiger partial charge in [0.1, 0.15) is 0 Å². The van der Waals surface area contributed by atoms with E-state index in [1.807, 2.05) is 30.3 Å². The third kappa shape index (κ3) is 4.91. The number of hydrogen-bond acceptors (Lipinski definition) is 4. The van der Waals surface area contributed by atoms with E-state index >= 15 is 0 Å². The predicted molar refractivity (Wildman–Crippen MR) is 60.8 cm³/mol. The highest BCUT2D eigenvalue weighted by Gasteiger charge is 2.09. The molecule has 0 aliphatic carbocycles. The summed E-state index contributed by atoms with van der Waals surface area (Å²) >= 11 is 0. The second kappa shape index (κ2) is 6.98. The van der Waals surface area contributed by atoms with Crippen molar-refractivity contribution in [2.75, 3.05) is 13.7 Å². The van der Waals surface area contributed by atoms with E-state index in [9.17, 15) is 9.90 Å². The van der Waals surface area contributed by atoms with Crippen LogP contribution in [0.25, 0.3) is 0 Å². The number of rotatable bonds is 6. The molecular formula is C12H17NO3. The van der Waals surface area contributed by atoms with Gasteiger partial charge in [0.2, 0.25) is 0 Å². The molecule has 0 aliphatic rings. The van der Waals surface area contributed by atoms with Crippen LogP contribution >= 0.6 is 0 Å². The Morgan fingerprint density at radius 1 is 1.44 bits per heavy atom. The Bertz CT molecular complexity index is 313. The molecule has 0 amide bonds. The quantitative estimate of drug-likeness (QED) is 0.697. The van der Waals surface area contributed by atoms with Crippen LogP contribution in [0.4, 0.5) is 0 Å². The minimum Gasteiger partial charge on any atom is -0.469 e. The molecule has 2 N–H and O–H groups in total. The molecule has 0 radical (unpaired) electrons. The van der Waals surface area contributed by atoms with Crippen LogP contribution in [0.2, 0.25) is 0 Å². The van der Waals surface area contributed by atoms with E-state index in [2.05, 4.69) is 10.1 Å². The Morgan fingerprint density at radius 2 is 2.12 bits per heavy atom. The van der Waals surface area contributed by atoms with Gasteiger partial charge < -0.3 is 15.2 Å². The van der Waals surface area contributed by atoms with Crippen molar-refractivity contribution < 1.29 is 14.6 Å². The zero-order chi connectivity index (χ0) is 11.8. The van der Waals surface area contributed by atoms with Gasteiger partial charge in [0.25, 0.3) is 0 Å². The zero-order valence-corrected chi connectivity index (χ0v) is 9.35. The number of carbonyl (C=O) groups excluding carboxylic acids is 1. The van der Waals surface area contributed by atoms with Crippen LogP contribution in [0, 0.1) is 0 Å². The van der Waals surface area contributed by atoms with E-state index in [1.165, 1.54) is 7.11 Å². The van der Waals surface area contributed by atoms with Gasteiger partial charge in [0.05, 0.1) is 19.6 Å². The number of aliphatic hydroxyl groups excluding tert-OH is 1. The first-order valence-electron chi connectivity index (χ1n) is 5.22. The molecule has 4 heteroatoms. The van der Waals surface area contributed by atoms with Crippen LogP contribution in [-0.4, -0.2) is 30.8 Å². The highest BCUT2D eigenvalue weighted by molar-refractivity contribution is 5.69. The van der Waals surface area contributed by atoms with Crippen LogP contribution in [0.15, 0.2) is 30.3 Å². The lowest BCUT2D eigenvalue weighted by Crippen LogP contribution is -2.28. The number of benzene rings is 1. The van der Waals surface area contributed by atoms with Crippen LogP contribution in [0.3, 0.4) is 0 Å². The maximum atomic E-state index is 10.8. The molecule has 1 rings (SSSR count). The predicted octanol–water partition coefficient (Wildman–Crippen LogP) is 0.700. The van der Waals surface area contributed by atoms with E-state index in [-0.39, 0.29) is 6.42 Å². The SMILES string of the molecule is COC(=O)CC(O)CNCc1ccccc1. The van der Waals surface area contributed by atoms with Gasteiger partial charge in [-0.25, -0.2) is 0 Å². The summed E-state index contributed by atoms with van der Waals surface area (Å²) in [5.41, 5.74) is 1.15. The maximum absolute atomic E-state index is 10.8. The van der Waals surface area contributed by atoms with Crippen molar-refractivity contribution in [3.05, 3.63) is 35.9 Å². The van der Waals surface area contributed by atoms with E-state index < -0.39 is 12.1 Å². The molecule has 0 aliphatic heterocycles. The summed E-state index contributed by atoms with van der Waals surface area (Å²) < 4.78 is 4.46. The summed E-state index contributed by atoms with van der Waals surface area (Å²) in [7, 11) is 1.31. The van der Waals surface area contributed by atoms with E-state index in [1.54, 1.807) is 0 Å². The molecule has 16 heavy (non-hydrogen) atoms. The van der Waals surface area contributed by atoms with E-state index in [4.69, 9.17) is 0 Å². The monoisotopic (exact) mass is 223 g/mol. The highest BCUT2D eigenvalue weighted by Crippen LogP contribution is 1.98. The lowest BCUT2D eigenvalue weighted by atomic mass is 10.2. The molecular weight excluding hydrogens is 206 g/mol. The molecule has 0 bridgehead atoms. The first kappa shape index (κ1) is 12.7. The first-order chi connectivity index (χ1) is 7.72. The average molecular weight is 223 g/mol. The number of hydrogen-bond donors (Lipinski definition) is 2. The lowest BCUT2D eigenvalue weighted by molar-refractivity contribution is -0.142. The minimum atomic E-state index is -0.698. The van der Waals surface area contributed by atoms with Crippen LogP contribution in [-0.2, 0) is 16.1 Å². The van der Waals surface area contributed by atoms with E-state index in [0.717, 1.165) is 5.56 Å². The number of carbonyl (C=O) groups is 1. The van der Waals surface area contributed by atoms with Gasteiger partial charge in [0.15, 0.2) is 0 Å². The Labute approximate surface area is 95.2 Å². The van der Waals surface area contributed by atoms with Gasteiger partial charge in [0, 0.05) is 13.1 Å². The molecule has 0 aromatic heterocycles. The first-order valence-corrected chi connectivity index (χ1v) is 5.22. The van der Waals surface area contributed by atoms with Crippen molar-refractivity contribution in [1.82, 2.24) is 5.32 Å². The molecule has 88 valence electrons. The fourth-order valence-corrected chi connectivity index (χ4v) is 1.33. The average Bonchev–Trinajstić information content (AvgIpc) is 2.30. The number of aliphatic hydroxyl groups is 1. The summed E-state index contributed by atoms with van der Waals surface area (Å²) in [6.07, 6.45) is -0.672. The molecule has 1 aromatic carbocycles. The highest BCUT2D eigenvalue weighted by atomic mass is 16.5. The van der Waals surface area contributed by atoms with E-state index in [0.29, 0.717) is 13.1 Å². The molecule has 0 heterocycles. The fourth-order valence-electron chi connectivity index (χ4n) is 1.33. The van der Waals surface area contributed by atoms with Crippen molar-refractivity contribution >= 4 is 5.97 Å². The van der Waals surface area contributed by atoms with Crippen molar-refractivity contribution in [2.24, 2.45) is 0 Å². The Balaban J connectivity index is 2.18. The molecule has 0 spiro atoms. The van der Waals surface area contributed by atoms with Gasteiger partial charge in [-0.15, -0.1) is 0 Å². The number of esters is 1. The van der Waals surface area contributed by atoms with Gasteiger partial charge in [-0.2, -0.15) is 0 Å². The molecule has 0 saturated carbocycles. The van der Waals surface area contributed by atoms with Crippen molar-refractivity contribution in [3.8, 4) is 0 Å². The minimum absolute atomic E-state index is 0.0261. The topological polar surface area (TPSA) is 58.6 Å². The third-order valence-electron chi connectivity index (χ3n) is 2.18. The summed E-state index contributed by atoms with van der Waals surface area (Å²) in [6, 6.07) is 9.87. The van der Waals surface area contributed by atoms with Crippen LogP contribution in [0.5, 0.6) is 0 Å². The van der Waals surface area contributed by atoms with Gasteiger partial charge in [-0.05, 0) is 5.56 Å².